The number of carbonyl (C=O) groups excluding carboxylic acids is 2. The van der Waals surface area contributed by atoms with Crippen molar-refractivity contribution in [2.24, 2.45) is 0 Å². The lowest BCUT2D eigenvalue weighted by molar-refractivity contribution is -0.146. The van der Waals surface area contributed by atoms with E-state index in [1.165, 1.54) is 7.11 Å². The molecular formula is C20H22N2O4. The second-order valence-electron chi connectivity index (χ2n) is 6.03. The third-order valence-corrected chi connectivity index (χ3v) is 4.46. The van der Waals surface area contributed by atoms with Crippen molar-refractivity contribution in [1.29, 1.82) is 0 Å². The average Bonchev–Trinajstić information content (AvgIpc) is 2.69. The first kappa shape index (κ1) is 17.9. The summed E-state index contributed by atoms with van der Waals surface area (Å²) < 4.78 is 10.6. The van der Waals surface area contributed by atoms with E-state index in [0.717, 1.165) is 11.3 Å². The number of amides is 2. The second-order valence-corrected chi connectivity index (χ2v) is 6.03. The largest absolute Gasteiger partial charge is 0.497 e. The Balaban J connectivity index is 1.71. The lowest BCUT2D eigenvalue weighted by Crippen LogP contribution is -2.53. The topological polar surface area (TPSA) is 59.1 Å². The summed E-state index contributed by atoms with van der Waals surface area (Å²) in [6.45, 7) is 0.917. The number of ether oxygens (including phenoxy) is 2. The maximum atomic E-state index is 12.8. The van der Waals surface area contributed by atoms with Crippen molar-refractivity contribution in [3.8, 4) is 5.75 Å². The van der Waals surface area contributed by atoms with Crippen LogP contribution in [0.5, 0.6) is 5.75 Å². The Labute approximate surface area is 152 Å². The molecule has 0 spiro atoms. The van der Waals surface area contributed by atoms with E-state index in [4.69, 9.17) is 9.47 Å². The van der Waals surface area contributed by atoms with Crippen LogP contribution in [0.15, 0.2) is 54.6 Å². The second kappa shape index (κ2) is 8.01. The molecule has 26 heavy (non-hydrogen) atoms. The molecule has 6 nitrogen and oxygen atoms in total. The van der Waals surface area contributed by atoms with Crippen molar-refractivity contribution in [1.82, 2.24) is 4.90 Å². The molecule has 0 unspecified atom stereocenters. The van der Waals surface area contributed by atoms with Crippen molar-refractivity contribution < 1.29 is 19.1 Å². The molecule has 1 aliphatic rings. The highest BCUT2D eigenvalue weighted by Crippen LogP contribution is 2.24. The summed E-state index contributed by atoms with van der Waals surface area (Å²) >= 11 is 0. The number of hydrogen-bond donors (Lipinski definition) is 0. The number of rotatable bonds is 5. The molecule has 1 heterocycles. The van der Waals surface area contributed by atoms with Crippen LogP contribution in [0.1, 0.15) is 11.7 Å². The summed E-state index contributed by atoms with van der Waals surface area (Å²) in [7, 11) is 3.09. The fourth-order valence-electron chi connectivity index (χ4n) is 3.09. The Morgan fingerprint density at radius 1 is 1.04 bits per heavy atom. The first-order valence-corrected chi connectivity index (χ1v) is 8.45. The Bertz CT molecular complexity index is 778. The van der Waals surface area contributed by atoms with Crippen molar-refractivity contribution in [3.63, 3.8) is 0 Å². The van der Waals surface area contributed by atoms with E-state index >= 15 is 0 Å². The number of benzene rings is 2. The molecule has 1 atom stereocenters. The zero-order valence-corrected chi connectivity index (χ0v) is 14.9. The third-order valence-electron chi connectivity index (χ3n) is 4.46. The summed E-state index contributed by atoms with van der Waals surface area (Å²) in [6.07, 6.45) is -0.702. The first-order valence-electron chi connectivity index (χ1n) is 8.45. The van der Waals surface area contributed by atoms with Crippen LogP contribution in [0.3, 0.4) is 0 Å². The molecule has 2 aromatic carbocycles. The van der Waals surface area contributed by atoms with E-state index in [1.807, 2.05) is 54.6 Å². The van der Waals surface area contributed by atoms with Gasteiger partial charge in [0.25, 0.3) is 5.91 Å². The van der Waals surface area contributed by atoms with Crippen LogP contribution < -0.4 is 9.64 Å². The maximum absolute atomic E-state index is 12.8. The lowest BCUT2D eigenvalue weighted by Gasteiger charge is -2.35. The van der Waals surface area contributed by atoms with Gasteiger partial charge in [0.05, 0.1) is 7.11 Å². The zero-order valence-electron chi connectivity index (χ0n) is 14.9. The van der Waals surface area contributed by atoms with E-state index in [-0.39, 0.29) is 18.4 Å². The van der Waals surface area contributed by atoms with Crippen LogP contribution in [-0.2, 0) is 14.3 Å². The summed E-state index contributed by atoms with van der Waals surface area (Å²) in [5, 5.41) is 0. The Morgan fingerprint density at radius 3 is 2.46 bits per heavy atom. The van der Waals surface area contributed by atoms with Crippen LogP contribution in [0.2, 0.25) is 0 Å². The van der Waals surface area contributed by atoms with Gasteiger partial charge in [-0.05, 0) is 17.7 Å². The highest BCUT2D eigenvalue weighted by molar-refractivity contribution is 5.98. The predicted molar refractivity (Wildman–Crippen MR) is 98.1 cm³/mol. The van der Waals surface area contributed by atoms with E-state index in [9.17, 15) is 9.59 Å². The molecule has 3 rings (SSSR count). The Morgan fingerprint density at radius 2 is 1.81 bits per heavy atom. The van der Waals surface area contributed by atoms with Gasteiger partial charge in [-0.3, -0.25) is 9.59 Å². The number of piperazine rings is 1. The molecule has 6 heteroatoms. The number of nitrogens with zero attached hydrogens (tertiary/aromatic N) is 2. The number of hydrogen-bond acceptors (Lipinski definition) is 4. The van der Waals surface area contributed by atoms with Gasteiger partial charge in [-0.15, -0.1) is 0 Å². The summed E-state index contributed by atoms with van der Waals surface area (Å²) in [4.78, 5) is 28.7. The van der Waals surface area contributed by atoms with Crippen LogP contribution in [-0.4, -0.2) is 50.6 Å². The molecule has 2 aromatic rings. The lowest BCUT2D eigenvalue weighted by atomic mass is 10.1. The molecule has 0 bridgehead atoms. The average molecular weight is 354 g/mol. The van der Waals surface area contributed by atoms with Gasteiger partial charge in [0.1, 0.15) is 12.3 Å². The van der Waals surface area contributed by atoms with Gasteiger partial charge in [-0.1, -0.05) is 36.4 Å². The van der Waals surface area contributed by atoms with E-state index in [1.54, 1.807) is 16.9 Å². The minimum Gasteiger partial charge on any atom is -0.497 e. The van der Waals surface area contributed by atoms with Gasteiger partial charge in [0.2, 0.25) is 5.91 Å². The van der Waals surface area contributed by atoms with Gasteiger partial charge < -0.3 is 19.3 Å². The third kappa shape index (κ3) is 3.70. The highest BCUT2D eigenvalue weighted by atomic mass is 16.5. The van der Waals surface area contributed by atoms with Crippen LogP contribution in [0.25, 0.3) is 0 Å². The molecule has 1 fully saturated rings. The molecule has 1 saturated heterocycles. The van der Waals surface area contributed by atoms with Gasteiger partial charge in [-0.25, -0.2) is 0 Å². The maximum Gasteiger partial charge on any atom is 0.256 e. The molecule has 0 saturated carbocycles. The standard InChI is InChI=1S/C20H22N2O4/c1-25-17-10-6-9-16(13-17)22-12-11-21(14-18(22)23)20(24)19(26-2)15-7-4-3-5-8-15/h3-10,13,19H,11-12,14H2,1-2H3/t19-/m0/s1. The Kier molecular flexibility index (Phi) is 5.53. The van der Waals surface area contributed by atoms with Crippen LogP contribution in [0, 0.1) is 0 Å². The fourth-order valence-corrected chi connectivity index (χ4v) is 3.09. The van der Waals surface area contributed by atoms with Gasteiger partial charge in [0, 0.05) is 32.0 Å². The molecule has 2 amide bonds. The minimum atomic E-state index is -0.702. The molecular weight excluding hydrogens is 332 g/mol. The van der Waals surface area contributed by atoms with Gasteiger partial charge >= 0.3 is 0 Å². The number of methoxy groups -OCH3 is 2. The minimum absolute atomic E-state index is 0.0305. The number of anilines is 1. The fraction of sp³-hybridized carbons (Fsp3) is 0.300. The van der Waals surface area contributed by atoms with E-state index < -0.39 is 6.10 Å². The van der Waals surface area contributed by atoms with Gasteiger partial charge in [0.15, 0.2) is 6.10 Å². The molecule has 0 N–H and O–H groups in total. The molecule has 0 aromatic heterocycles. The number of carbonyl (C=O) groups is 2. The smallest absolute Gasteiger partial charge is 0.256 e. The molecule has 0 radical (unpaired) electrons. The van der Waals surface area contributed by atoms with Crippen LogP contribution >= 0.6 is 0 Å². The van der Waals surface area contributed by atoms with Crippen molar-refractivity contribution >= 4 is 17.5 Å². The summed E-state index contributed by atoms with van der Waals surface area (Å²) in [5.41, 5.74) is 1.55. The first-order chi connectivity index (χ1) is 12.6. The van der Waals surface area contributed by atoms with Crippen molar-refractivity contribution in [2.75, 3.05) is 38.8 Å². The quantitative estimate of drug-likeness (QED) is 0.826. The monoisotopic (exact) mass is 354 g/mol. The molecule has 0 aliphatic carbocycles. The molecule has 136 valence electrons. The summed E-state index contributed by atoms with van der Waals surface area (Å²) in [6, 6.07) is 16.7. The zero-order chi connectivity index (χ0) is 18.5. The van der Waals surface area contributed by atoms with Crippen molar-refractivity contribution in [3.05, 3.63) is 60.2 Å². The molecule has 1 aliphatic heterocycles. The van der Waals surface area contributed by atoms with Gasteiger partial charge in [-0.2, -0.15) is 0 Å². The highest BCUT2D eigenvalue weighted by Gasteiger charge is 2.32. The normalized spacial score (nSPS) is 15.7. The Hall–Kier alpha value is -2.86. The predicted octanol–water partition coefficient (Wildman–Crippen LogP) is 2.26. The van der Waals surface area contributed by atoms with Crippen LogP contribution in [0.4, 0.5) is 5.69 Å². The van der Waals surface area contributed by atoms with E-state index in [0.29, 0.717) is 18.8 Å². The summed E-state index contributed by atoms with van der Waals surface area (Å²) in [5.74, 6) is 0.371. The van der Waals surface area contributed by atoms with Crippen molar-refractivity contribution in [2.45, 2.75) is 6.10 Å². The van der Waals surface area contributed by atoms with E-state index in [2.05, 4.69) is 0 Å². The SMILES string of the molecule is COc1cccc(N2CCN(C(=O)[C@@H](OC)c3ccccc3)CC2=O)c1.